The molecule has 2 aromatic rings. The number of thiocarbonyl (C=S) groups is 1. The van der Waals surface area contributed by atoms with Gasteiger partial charge in [0.05, 0.1) is 5.69 Å². The molecule has 1 aromatic carbocycles. The van der Waals surface area contributed by atoms with Crippen LogP contribution < -0.4 is 10.7 Å². The van der Waals surface area contributed by atoms with E-state index in [1.54, 1.807) is 18.3 Å². The van der Waals surface area contributed by atoms with Crippen LogP contribution in [0.5, 0.6) is 0 Å². The largest absolute Gasteiger partial charge is 0.362 e. The summed E-state index contributed by atoms with van der Waals surface area (Å²) in [7, 11) is 0. The van der Waals surface area contributed by atoms with Crippen molar-refractivity contribution in [3.8, 4) is 0 Å². The maximum absolute atomic E-state index is 13.1. The number of aromatic nitrogens is 1. The highest BCUT2D eigenvalue weighted by Gasteiger charge is 2.09. The second-order valence-electron chi connectivity index (χ2n) is 4.15. The van der Waals surface area contributed by atoms with Crippen molar-refractivity contribution >= 4 is 23.0 Å². The number of rotatable bonds is 4. The number of halogens is 1. The summed E-state index contributed by atoms with van der Waals surface area (Å²) in [5.74, 6) is -0.296. The molecule has 6 heteroatoms. The average Bonchev–Trinajstić information content (AvgIpc) is 2.50. The van der Waals surface area contributed by atoms with E-state index in [-0.39, 0.29) is 5.82 Å². The number of hydrazone groups is 1. The molecule has 0 aliphatic rings. The van der Waals surface area contributed by atoms with Gasteiger partial charge in [0, 0.05) is 18.3 Å². The first-order valence-electron chi connectivity index (χ1n) is 6.49. The Hall–Kier alpha value is -2.34. The van der Waals surface area contributed by atoms with Gasteiger partial charge in [0.1, 0.15) is 11.5 Å². The lowest BCUT2D eigenvalue weighted by atomic mass is 10.1. The fraction of sp³-hybridized carbons (Fsp3) is 0.133. The molecular formula is C15H15FN4S. The Labute approximate surface area is 128 Å². The Morgan fingerprint density at radius 1 is 1.24 bits per heavy atom. The monoisotopic (exact) mass is 302 g/mol. The first-order valence-corrected chi connectivity index (χ1v) is 6.90. The Kier molecular flexibility index (Phi) is 5.34. The van der Waals surface area contributed by atoms with Crippen LogP contribution in [0, 0.1) is 5.82 Å². The van der Waals surface area contributed by atoms with Gasteiger partial charge in [-0.2, -0.15) is 5.10 Å². The van der Waals surface area contributed by atoms with Crippen LogP contribution in [0.3, 0.4) is 0 Å². The number of benzene rings is 1. The van der Waals surface area contributed by atoms with Crippen molar-refractivity contribution in [3.63, 3.8) is 0 Å². The second kappa shape index (κ2) is 7.44. The van der Waals surface area contributed by atoms with E-state index in [0.29, 0.717) is 23.1 Å². The smallest absolute Gasteiger partial charge is 0.186 e. The summed E-state index contributed by atoms with van der Waals surface area (Å²) < 4.78 is 13.1. The maximum atomic E-state index is 13.1. The van der Waals surface area contributed by atoms with E-state index < -0.39 is 0 Å². The highest BCUT2D eigenvalue weighted by Crippen LogP contribution is 2.09. The predicted octanol–water partition coefficient (Wildman–Crippen LogP) is 2.46. The van der Waals surface area contributed by atoms with Crippen LogP contribution in [0.2, 0.25) is 0 Å². The molecule has 108 valence electrons. The van der Waals surface area contributed by atoms with Crippen molar-refractivity contribution < 1.29 is 4.39 Å². The van der Waals surface area contributed by atoms with Crippen molar-refractivity contribution in [3.05, 3.63) is 65.7 Å². The molecule has 2 rings (SSSR count). The number of nitrogens with one attached hydrogen (secondary N) is 2. The molecule has 2 N–H and O–H groups in total. The molecule has 0 amide bonds. The van der Waals surface area contributed by atoms with E-state index in [1.165, 1.54) is 12.1 Å². The maximum Gasteiger partial charge on any atom is 0.186 e. The fourth-order valence-electron chi connectivity index (χ4n) is 1.69. The normalized spacial score (nSPS) is 11.0. The lowest BCUT2D eigenvalue weighted by molar-refractivity contribution is 0.628. The molecule has 0 atom stereocenters. The van der Waals surface area contributed by atoms with Gasteiger partial charge in [-0.3, -0.25) is 10.4 Å². The van der Waals surface area contributed by atoms with Gasteiger partial charge in [0.25, 0.3) is 0 Å². The minimum absolute atomic E-state index is 0.296. The molecule has 0 bridgehead atoms. The van der Waals surface area contributed by atoms with E-state index in [1.807, 2.05) is 25.1 Å². The average molecular weight is 302 g/mol. The Morgan fingerprint density at radius 2 is 2.00 bits per heavy atom. The molecule has 0 fully saturated rings. The minimum atomic E-state index is -0.296. The van der Waals surface area contributed by atoms with Crippen LogP contribution in [0.4, 0.5) is 4.39 Å². The molecule has 0 aliphatic carbocycles. The quantitative estimate of drug-likeness (QED) is 0.517. The summed E-state index contributed by atoms with van der Waals surface area (Å²) in [6.45, 7) is 2.65. The molecule has 0 radical (unpaired) electrons. The van der Waals surface area contributed by atoms with Gasteiger partial charge in [-0.15, -0.1) is 0 Å². The van der Waals surface area contributed by atoms with Gasteiger partial charge in [-0.1, -0.05) is 6.07 Å². The van der Waals surface area contributed by atoms with E-state index in [0.717, 1.165) is 5.56 Å². The van der Waals surface area contributed by atoms with E-state index in [2.05, 4.69) is 20.8 Å². The van der Waals surface area contributed by atoms with Crippen molar-refractivity contribution in [2.75, 3.05) is 6.54 Å². The van der Waals surface area contributed by atoms with E-state index >= 15 is 0 Å². The Bertz CT molecular complexity index is 626. The third-order valence-corrected chi connectivity index (χ3v) is 2.87. The lowest BCUT2D eigenvalue weighted by Crippen LogP contribution is -2.32. The van der Waals surface area contributed by atoms with Crippen molar-refractivity contribution in [1.82, 2.24) is 15.7 Å². The van der Waals surface area contributed by atoms with Crippen LogP contribution in [-0.2, 0) is 0 Å². The van der Waals surface area contributed by atoms with Gasteiger partial charge < -0.3 is 5.32 Å². The number of pyridine rings is 1. The summed E-state index contributed by atoms with van der Waals surface area (Å²) in [5.41, 5.74) is 4.79. The highest BCUT2D eigenvalue weighted by molar-refractivity contribution is 7.80. The van der Waals surface area contributed by atoms with E-state index in [4.69, 9.17) is 12.2 Å². The van der Waals surface area contributed by atoms with Crippen molar-refractivity contribution in [1.29, 1.82) is 0 Å². The summed E-state index contributed by atoms with van der Waals surface area (Å²) in [4.78, 5) is 4.27. The summed E-state index contributed by atoms with van der Waals surface area (Å²) in [6.07, 6.45) is 1.68. The molecule has 0 saturated heterocycles. The Balaban J connectivity index is 2.33. The van der Waals surface area contributed by atoms with Crippen LogP contribution in [-0.4, -0.2) is 22.4 Å². The molecule has 4 nitrogen and oxygen atoms in total. The first kappa shape index (κ1) is 15.1. The highest BCUT2D eigenvalue weighted by atomic mass is 32.1. The second-order valence-corrected chi connectivity index (χ2v) is 4.56. The summed E-state index contributed by atoms with van der Waals surface area (Å²) in [6, 6.07) is 11.6. The SMILES string of the molecule is CCNC(=S)N/N=C(\c1ccc(F)cc1)c1ccccn1. The van der Waals surface area contributed by atoms with Gasteiger partial charge in [0.2, 0.25) is 0 Å². The zero-order chi connectivity index (χ0) is 15.1. The molecule has 1 heterocycles. The molecule has 0 saturated carbocycles. The number of hydrogen-bond donors (Lipinski definition) is 2. The van der Waals surface area contributed by atoms with Crippen LogP contribution in [0.1, 0.15) is 18.2 Å². The predicted molar refractivity (Wildman–Crippen MR) is 85.7 cm³/mol. The standard InChI is InChI=1S/C15H15FN4S/c1-2-17-15(21)20-19-14(13-5-3-4-10-18-13)11-6-8-12(16)9-7-11/h3-10H,2H2,1H3,(H2,17,20,21)/b19-14+. The van der Waals surface area contributed by atoms with Gasteiger partial charge in [0.15, 0.2) is 5.11 Å². The Morgan fingerprint density at radius 3 is 2.62 bits per heavy atom. The zero-order valence-corrected chi connectivity index (χ0v) is 12.3. The molecule has 21 heavy (non-hydrogen) atoms. The van der Waals surface area contributed by atoms with Crippen LogP contribution >= 0.6 is 12.2 Å². The number of nitrogens with zero attached hydrogens (tertiary/aromatic N) is 2. The van der Waals surface area contributed by atoms with Gasteiger partial charge >= 0.3 is 0 Å². The van der Waals surface area contributed by atoms with Crippen molar-refractivity contribution in [2.45, 2.75) is 6.92 Å². The molecule has 0 unspecified atom stereocenters. The fourth-order valence-corrected chi connectivity index (χ4v) is 1.88. The van der Waals surface area contributed by atoms with Crippen molar-refractivity contribution in [2.24, 2.45) is 5.10 Å². The van der Waals surface area contributed by atoms with Crippen LogP contribution in [0.25, 0.3) is 0 Å². The lowest BCUT2D eigenvalue weighted by Gasteiger charge is -2.09. The zero-order valence-electron chi connectivity index (χ0n) is 11.5. The minimum Gasteiger partial charge on any atom is -0.362 e. The topological polar surface area (TPSA) is 49.3 Å². The first-order chi connectivity index (χ1) is 10.2. The van der Waals surface area contributed by atoms with Crippen LogP contribution in [0.15, 0.2) is 53.8 Å². The molecular weight excluding hydrogens is 287 g/mol. The number of hydrogen-bond acceptors (Lipinski definition) is 3. The third kappa shape index (κ3) is 4.32. The molecule has 1 aromatic heterocycles. The third-order valence-electron chi connectivity index (χ3n) is 2.63. The van der Waals surface area contributed by atoms with E-state index in [9.17, 15) is 4.39 Å². The summed E-state index contributed by atoms with van der Waals surface area (Å²) in [5, 5.41) is 7.66. The van der Waals surface area contributed by atoms with Gasteiger partial charge in [-0.05, 0) is 55.5 Å². The molecule has 0 spiro atoms. The van der Waals surface area contributed by atoms with Gasteiger partial charge in [-0.25, -0.2) is 4.39 Å². The summed E-state index contributed by atoms with van der Waals surface area (Å²) >= 11 is 5.08. The molecule has 0 aliphatic heterocycles.